The van der Waals surface area contributed by atoms with Gasteiger partial charge in [-0.2, -0.15) is 0 Å². The number of nitrogens with two attached hydrogens (primary N) is 1. The highest BCUT2D eigenvalue weighted by Gasteiger charge is 2.30. The zero-order valence-corrected chi connectivity index (χ0v) is 10.9. The van der Waals surface area contributed by atoms with Gasteiger partial charge in [-0.05, 0) is 32.4 Å². The first-order valence-electron chi connectivity index (χ1n) is 6.95. The number of carboxylic acid groups (broad SMARTS) is 1. The molecule has 3 rings (SSSR count). The molecule has 0 saturated carbocycles. The fraction of sp³-hybridized carbons (Fsp3) is 0.692. The standard InChI is InChI=1S/C13H20N4O2/c14-9-3-6-17-10(7-9)11(13(18)19)16-12(17)8-1-4-15-5-2-8/h8-9,15H,1-7,14H2,(H,18,19). The van der Waals surface area contributed by atoms with Crippen molar-refractivity contribution in [3.63, 3.8) is 0 Å². The summed E-state index contributed by atoms with van der Waals surface area (Å²) in [6.45, 7) is 2.76. The lowest BCUT2D eigenvalue weighted by Crippen LogP contribution is -2.33. The normalized spacial score (nSPS) is 24.2. The number of aromatic nitrogens is 2. The van der Waals surface area contributed by atoms with E-state index in [9.17, 15) is 9.90 Å². The first kappa shape index (κ1) is 12.6. The Morgan fingerprint density at radius 1 is 1.37 bits per heavy atom. The SMILES string of the molecule is NC1CCn2c(C3CCNCC3)nc(C(=O)O)c2C1. The van der Waals surface area contributed by atoms with Crippen LogP contribution in [0, 0.1) is 0 Å². The van der Waals surface area contributed by atoms with Gasteiger partial charge in [-0.3, -0.25) is 0 Å². The lowest BCUT2D eigenvalue weighted by atomic mass is 9.96. The lowest BCUT2D eigenvalue weighted by molar-refractivity contribution is 0.0689. The second-order valence-electron chi connectivity index (χ2n) is 5.50. The van der Waals surface area contributed by atoms with Gasteiger partial charge < -0.3 is 20.7 Å². The summed E-state index contributed by atoms with van der Waals surface area (Å²) >= 11 is 0. The fourth-order valence-electron chi connectivity index (χ4n) is 3.17. The molecule has 0 spiro atoms. The Kier molecular flexibility index (Phi) is 3.28. The number of piperidine rings is 1. The maximum Gasteiger partial charge on any atom is 0.356 e. The van der Waals surface area contributed by atoms with E-state index >= 15 is 0 Å². The molecule has 2 aliphatic heterocycles. The van der Waals surface area contributed by atoms with E-state index in [-0.39, 0.29) is 11.7 Å². The maximum absolute atomic E-state index is 11.3. The highest BCUT2D eigenvalue weighted by atomic mass is 16.4. The van der Waals surface area contributed by atoms with Crippen LogP contribution in [-0.2, 0) is 13.0 Å². The molecular weight excluding hydrogens is 244 g/mol. The van der Waals surface area contributed by atoms with Crippen molar-refractivity contribution in [2.24, 2.45) is 5.73 Å². The van der Waals surface area contributed by atoms with Gasteiger partial charge in [-0.25, -0.2) is 9.78 Å². The van der Waals surface area contributed by atoms with Crippen LogP contribution in [-0.4, -0.2) is 39.8 Å². The van der Waals surface area contributed by atoms with Crippen molar-refractivity contribution < 1.29 is 9.90 Å². The van der Waals surface area contributed by atoms with Gasteiger partial charge in [0.05, 0.1) is 5.69 Å². The monoisotopic (exact) mass is 264 g/mol. The third-order valence-electron chi connectivity index (χ3n) is 4.19. The van der Waals surface area contributed by atoms with Gasteiger partial charge in [0, 0.05) is 24.9 Å². The van der Waals surface area contributed by atoms with E-state index in [1.807, 2.05) is 0 Å². The Hall–Kier alpha value is -1.40. The minimum atomic E-state index is -0.932. The Morgan fingerprint density at radius 2 is 2.11 bits per heavy atom. The van der Waals surface area contributed by atoms with Crippen LogP contribution in [0.3, 0.4) is 0 Å². The molecule has 0 radical (unpaired) electrons. The average Bonchev–Trinajstić information content (AvgIpc) is 2.78. The molecule has 1 unspecified atom stereocenters. The van der Waals surface area contributed by atoms with Crippen LogP contribution < -0.4 is 11.1 Å². The van der Waals surface area contributed by atoms with Crippen LogP contribution in [0.4, 0.5) is 0 Å². The molecule has 1 atom stereocenters. The van der Waals surface area contributed by atoms with Gasteiger partial charge in [0.2, 0.25) is 0 Å². The van der Waals surface area contributed by atoms with Gasteiger partial charge >= 0.3 is 5.97 Å². The average molecular weight is 264 g/mol. The Bertz CT molecular complexity index is 491. The van der Waals surface area contributed by atoms with E-state index in [1.165, 1.54) is 0 Å². The Morgan fingerprint density at radius 3 is 2.79 bits per heavy atom. The number of aromatic carboxylic acids is 1. The summed E-state index contributed by atoms with van der Waals surface area (Å²) in [5.41, 5.74) is 6.99. The minimum absolute atomic E-state index is 0.0585. The fourth-order valence-corrected chi connectivity index (χ4v) is 3.17. The molecule has 4 N–H and O–H groups in total. The van der Waals surface area contributed by atoms with Crippen LogP contribution >= 0.6 is 0 Å². The van der Waals surface area contributed by atoms with Crippen molar-refractivity contribution in [2.45, 2.75) is 44.2 Å². The van der Waals surface area contributed by atoms with E-state index < -0.39 is 5.97 Å². The molecule has 1 aromatic rings. The number of rotatable bonds is 2. The van der Waals surface area contributed by atoms with E-state index in [4.69, 9.17) is 5.73 Å². The van der Waals surface area contributed by atoms with E-state index in [2.05, 4.69) is 14.9 Å². The van der Waals surface area contributed by atoms with E-state index in [0.717, 1.165) is 50.4 Å². The largest absolute Gasteiger partial charge is 0.476 e. The molecule has 6 heteroatoms. The van der Waals surface area contributed by atoms with Crippen molar-refractivity contribution in [1.82, 2.24) is 14.9 Å². The predicted octanol–water partition coefficient (Wildman–Crippen LogP) is 0.322. The van der Waals surface area contributed by atoms with E-state index in [1.54, 1.807) is 0 Å². The van der Waals surface area contributed by atoms with Gasteiger partial charge in [0.15, 0.2) is 5.69 Å². The van der Waals surface area contributed by atoms with Crippen molar-refractivity contribution >= 4 is 5.97 Å². The number of fused-ring (bicyclic) bond motifs is 1. The molecule has 19 heavy (non-hydrogen) atoms. The quantitative estimate of drug-likeness (QED) is 0.715. The van der Waals surface area contributed by atoms with Crippen LogP contribution in [0.15, 0.2) is 0 Å². The zero-order chi connectivity index (χ0) is 13.4. The van der Waals surface area contributed by atoms with Crippen LogP contribution in [0.2, 0.25) is 0 Å². The van der Waals surface area contributed by atoms with Crippen molar-refractivity contribution in [1.29, 1.82) is 0 Å². The number of carboxylic acids is 1. The smallest absolute Gasteiger partial charge is 0.356 e. The molecule has 6 nitrogen and oxygen atoms in total. The Labute approximate surface area is 112 Å². The van der Waals surface area contributed by atoms with Gasteiger partial charge in [0.25, 0.3) is 0 Å². The summed E-state index contributed by atoms with van der Waals surface area (Å²) in [7, 11) is 0. The van der Waals surface area contributed by atoms with Crippen molar-refractivity contribution in [3.8, 4) is 0 Å². The molecule has 104 valence electrons. The summed E-state index contributed by atoms with van der Waals surface area (Å²) < 4.78 is 2.11. The Balaban J connectivity index is 2.00. The predicted molar refractivity (Wildman–Crippen MR) is 70.3 cm³/mol. The number of hydrogen-bond donors (Lipinski definition) is 3. The molecule has 0 bridgehead atoms. The van der Waals surface area contributed by atoms with Crippen molar-refractivity contribution in [3.05, 3.63) is 17.2 Å². The third-order valence-corrected chi connectivity index (χ3v) is 4.19. The second kappa shape index (κ2) is 4.94. The van der Waals surface area contributed by atoms with Gasteiger partial charge in [-0.1, -0.05) is 0 Å². The summed E-state index contributed by atoms with van der Waals surface area (Å²) in [4.78, 5) is 15.8. The molecule has 1 fully saturated rings. The van der Waals surface area contributed by atoms with Crippen LogP contribution in [0.5, 0.6) is 0 Å². The molecule has 1 aromatic heterocycles. The minimum Gasteiger partial charge on any atom is -0.476 e. The summed E-state index contributed by atoms with van der Waals surface area (Å²) in [6, 6.07) is 0.0585. The molecule has 0 aliphatic carbocycles. The summed E-state index contributed by atoms with van der Waals surface area (Å²) in [5, 5.41) is 12.6. The van der Waals surface area contributed by atoms with Crippen LogP contribution in [0.25, 0.3) is 0 Å². The van der Waals surface area contributed by atoms with Crippen LogP contribution in [0.1, 0.15) is 47.2 Å². The van der Waals surface area contributed by atoms with Crippen molar-refractivity contribution in [2.75, 3.05) is 13.1 Å². The highest BCUT2D eigenvalue weighted by Crippen LogP contribution is 2.29. The van der Waals surface area contributed by atoms with E-state index in [0.29, 0.717) is 12.3 Å². The number of nitrogens with zero attached hydrogens (tertiary/aromatic N) is 2. The second-order valence-corrected chi connectivity index (χ2v) is 5.50. The first-order valence-corrected chi connectivity index (χ1v) is 6.95. The molecule has 1 saturated heterocycles. The molecule has 0 aromatic carbocycles. The third kappa shape index (κ3) is 2.26. The first-order chi connectivity index (χ1) is 9.16. The maximum atomic E-state index is 11.3. The lowest BCUT2D eigenvalue weighted by Gasteiger charge is -2.26. The van der Waals surface area contributed by atoms with Gasteiger partial charge in [0.1, 0.15) is 5.82 Å². The number of nitrogens with one attached hydrogen (secondary N) is 1. The number of imidazole rings is 1. The molecule has 2 aliphatic rings. The topological polar surface area (TPSA) is 93.2 Å². The molecule has 3 heterocycles. The zero-order valence-electron chi connectivity index (χ0n) is 10.9. The summed E-state index contributed by atoms with van der Waals surface area (Å²) in [5.74, 6) is 0.404. The number of hydrogen-bond acceptors (Lipinski definition) is 4. The van der Waals surface area contributed by atoms with Gasteiger partial charge in [-0.15, -0.1) is 0 Å². The molecular formula is C13H20N4O2. The number of carbonyl (C=O) groups is 1. The molecule has 0 amide bonds. The highest BCUT2D eigenvalue weighted by molar-refractivity contribution is 5.87. The summed E-state index contributed by atoms with van der Waals surface area (Å²) in [6.07, 6.45) is 3.59.